The molecule has 1 aromatic heterocycles. The van der Waals surface area contributed by atoms with Crippen molar-refractivity contribution < 1.29 is 4.74 Å². The number of aryl methyl sites for hydroxylation is 2. The number of hydrogen-bond acceptors (Lipinski definition) is 3. The van der Waals surface area contributed by atoms with Crippen LogP contribution in [0.15, 0.2) is 0 Å². The highest BCUT2D eigenvalue weighted by Crippen LogP contribution is 2.25. The summed E-state index contributed by atoms with van der Waals surface area (Å²) in [6, 6.07) is 0.208. The molecule has 0 radical (unpaired) electrons. The molecule has 0 aliphatic carbocycles. The highest BCUT2D eigenvalue weighted by atomic mass is 35.5. The van der Waals surface area contributed by atoms with Gasteiger partial charge >= 0.3 is 0 Å². The Morgan fingerprint density at radius 1 is 1.62 bits per heavy atom. The molecule has 0 amide bonds. The van der Waals surface area contributed by atoms with Gasteiger partial charge in [-0.15, -0.1) is 0 Å². The van der Waals surface area contributed by atoms with Gasteiger partial charge in [-0.1, -0.05) is 11.6 Å². The smallest absolute Gasteiger partial charge is 0.0847 e. The summed E-state index contributed by atoms with van der Waals surface area (Å²) in [6.07, 6.45) is 1.77. The molecule has 16 heavy (non-hydrogen) atoms. The molecule has 2 rings (SSSR count). The maximum Gasteiger partial charge on any atom is 0.0847 e. The van der Waals surface area contributed by atoms with Crippen molar-refractivity contribution in [3.63, 3.8) is 0 Å². The lowest BCUT2D eigenvalue weighted by Crippen LogP contribution is -2.40. The summed E-state index contributed by atoms with van der Waals surface area (Å²) < 4.78 is 7.30. The zero-order valence-electron chi connectivity index (χ0n) is 9.74. The van der Waals surface area contributed by atoms with Gasteiger partial charge in [-0.3, -0.25) is 4.68 Å². The first-order chi connectivity index (χ1) is 7.59. The molecule has 2 heterocycles. The van der Waals surface area contributed by atoms with E-state index >= 15 is 0 Å². The number of nitrogens with zero attached hydrogens (tertiary/aromatic N) is 2. The first kappa shape index (κ1) is 11.9. The summed E-state index contributed by atoms with van der Waals surface area (Å²) in [7, 11) is 1.92. The van der Waals surface area contributed by atoms with Gasteiger partial charge < -0.3 is 10.5 Å². The van der Waals surface area contributed by atoms with E-state index < -0.39 is 0 Å². The van der Waals surface area contributed by atoms with Crippen molar-refractivity contribution >= 4 is 11.6 Å². The van der Waals surface area contributed by atoms with Crippen LogP contribution in [0.2, 0.25) is 5.02 Å². The molecule has 5 heteroatoms. The summed E-state index contributed by atoms with van der Waals surface area (Å²) in [4.78, 5) is 0. The van der Waals surface area contributed by atoms with Crippen molar-refractivity contribution in [3.05, 3.63) is 16.4 Å². The number of nitrogens with two attached hydrogens (primary N) is 1. The van der Waals surface area contributed by atoms with Gasteiger partial charge in [0.1, 0.15) is 0 Å². The van der Waals surface area contributed by atoms with Crippen LogP contribution in [0.1, 0.15) is 17.8 Å². The number of halogens is 1. The fourth-order valence-electron chi connectivity index (χ4n) is 2.17. The number of ether oxygens (including phenoxy) is 1. The van der Waals surface area contributed by atoms with Crippen LogP contribution in [-0.2, 0) is 18.2 Å². The predicted octanol–water partition coefficient (Wildman–Crippen LogP) is 1.29. The van der Waals surface area contributed by atoms with E-state index in [9.17, 15) is 0 Å². The molecular formula is C11H18ClN3O. The minimum atomic E-state index is 0.208. The van der Waals surface area contributed by atoms with Crippen molar-refractivity contribution in [2.75, 3.05) is 13.2 Å². The topological polar surface area (TPSA) is 53.1 Å². The van der Waals surface area contributed by atoms with Crippen LogP contribution in [0.25, 0.3) is 0 Å². The van der Waals surface area contributed by atoms with Crippen LogP contribution in [0.4, 0.5) is 0 Å². The van der Waals surface area contributed by atoms with E-state index in [4.69, 9.17) is 22.1 Å². The first-order valence-electron chi connectivity index (χ1n) is 5.61. The van der Waals surface area contributed by atoms with E-state index in [-0.39, 0.29) is 6.04 Å². The highest BCUT2D eigenvalue weighted by molar-refractivity contribution is 6.31. The molecule has 1 aliphatic rings. The van der Waals surface area contributed by atoms with Gasteiger partial charge in [0.05, 0.1) is 23.0 Å². The normalized spacial score (nSPS) is 26.0. The molecule has 2 unspecified atom stereocenters. The van der Waals surface area contributed by atoms with Crippen LogP contribution in [0.3, 0.4) is 0 Å². The minimum absolute atomic E-state index is 0.208. The number of aromatic nitrogens is 2. The fourth-order valence-corrected chi connectivity index (χ4v) is 2.41. The summed E-state index contributed by atoms with van der Waals surface area (Å²) in [6.45, 7) is 3.42. The second-order valence-corrected chi connectivity index (χ2v) is 4.84. The van der Waals surface area contributed by atoms with Crippen molar-refractivity contribution in [3.8, 4) is 0 Å². The zero-order valence-corrected chi connectivity index (χ0v) is 10.5. The minimum Gasteiger partial charge on any atom is -0.381 e. The molecule has 2 atom stereocenters. The molecule has 0 spiro atoms. The van der Waals surface area contributed by atoms with Gasteiger partial charge in [-0.25, -0.2) is 0 Å². The van der Waals surface area contributed by atoms with E-state index in [0.717, 1.165) is 42.5 Å². The number of rotatable bonds is 2. The maximum absolute atomic E-state index is 6.22. The van der Waals surface area contributed by atoms with E-state index in [1.807, 2.05) is 18.7 Å². The van der Waals surface area contributed by atoms with E-state index in [0.29, 0.717) is 5.92 Å². The molecule has 4 nitrogen and oxygen atoms in total. The Labute approximate surface area is 101 Å². The lowest BCUT2D eigenvalue weighted by atomic mass is 9.92. The van der Waals surface area contributed by atoms with E-state index in [1.165, 1.54) is 0 Å². The summed E-state index contributed by atoms with van der Waals surface area (Å²) in [5, 5.41) is 5.07. The van der Waals surface area contributed by atoms with Gasteiger partial charge in [-0.05, 0) is 19.8 Å². The van der Waals surface area contributed by atoms with Crippen LogP contribution < -0.4 is 5.73 Å². The molecule has 1 fully saturated rings. The van der Waals surface area contributed by atoms with E-state index in [1.54, 1.807) is 0 Å². The molecule has 0 aromatic carbocycles. The number of hydrogen-bond donors (Lipinski definition) is 1. The van der Waals surface area contributed by atoms with Crippen molar-refractivity contribution in [2.24, 2.45) is 18.7 Å². The molecule has 0 bridgehead atoms. The van der Waals surface area contributed by atoms with Gasteiger partial charge in [0.2, 0.25) is 0 Å². The Morgan fingerprint density at radius 3 is 2.94 bits per heavy atom. The van der Waals surface area contributed by atoms with E-state index in [2.05, 4.69) is 5.10 Å². The van der Waals surface area contributed by atoms with Gasteiger partial charge in [0, 0.05) is 25.6 Å². The maximum atomic E-state index is 6.22. The summed E-state index contributed by atoms with van der Waals surface area (Å²) in [5.74, 6) is 0.348. The lowest BCUT2D eigenvalue weighted by Gasteiger charge is -2.28. The molecular weight excluding hydrogens is 226 g/mol. The summed E-state index contributed by atoms with van der Waals surface area (Å²) >= 11 is 6.22. The lowest BCUT2D eigenvalue weighted by molar-refractivity contribution is 0.0416. The Balaban J connectivity index is 2.13. The molecule has 2 N–H and O–H groups in total. The van der Waals surface area contributed by atoms with Crippen molar-refractivity contribution in [2.45, 2.75) is 25.8 Å². The summed E-state index contributed by atoms with van der Waals surface area (Å²) in [5.41, 5.74) is 8.02. The Bertz CT molecular complexity index is 378. The van der Waals surface area contributed by atoms with Crippen LogP contribution >= 0.6 is 11.6 Å². The standard InChI is InChI=1S/C11H18ClN3O/c1-7-11(12)10(15(2)14-7)5-8-6-16-4-3-9(8)13/h8-9H,3-6,13H2,1-2H3. The zero-order chi connectivity index (χ0) is 11.7. The van der Waals surface area contributed by atoms with Crippen molar-refractivity contribution in [1.29, 1.82) is 0 Å². The second-order valence-electron chi connectivity index (χ2n) is 4.46. The molecule has 90 valence electrons. The third-order valence-electron chi connectivity index (χ3n) is 3.25. The quantitative estimate of drug-likeness (QED) is 0.852. The Morgan fingerprint density at radius 2 is 2.38 bits per heavy atom. The first-order valence-corrected chi connectivity index (χ1v) is 5.98. The SMILES string of the molecule is Cc1nn(C)c(CC2COCCC2N)c1Cl. The molecule has 1 saturated heterocycles. The average molecular weight is 244 g/mol. The Kier molecular flexibility index (Phi) is 3.52. The fraction of sp³-hybridized carbons (Fsp3) is 0.727. The largest absolute Gasteiger partial charge is 0.381 e. The second kappa shape index (κ2) is 4.73. The van der Waals surface area contributed by atoms with Crippen LogP contribution in [0.5, 0.6) is 0 Å². The molecule has 1 aliphatic heterocycles. The average Bonchev–Trinajstić information content (AvgIpc) is 2.48. The van der Waals surface area contributed by atoms with Crippen LogP contribution in [-0.4, -0.2) is 29.0 Å². The van der Waals surface area contributed by atoms with Gasteiger partial charge in [-0.2, -0.15) is 5.10 Å². The highest BCUT2D eigenvalue weighted by Gasteiger charge is 2.25. The van der Waals surface area contributed by atoms with Gasteiger partial charge in [0.25, 0.3) is 0 Å². The Hall–Kier alpha value is -0.580. The predicted molar refractivity (Wildman–Crippen MR) is 63.6 cm³/mol. The molecule has 0 saturated carbocycles. The third-order valence-corrected chi connectivity index (χ3v) is 3.74. The third kappa shape index (κ3) is 2.24. The van der Waals surface area contributed by atoms with Gasteiger partial charge in [0.15, 0.2) is 0 Å². The van der Waals surface area contributed by atoms with Crippen molar-refractivity contribution in [1.82, 2.24) is 9.78 Å². The van der Waals surface area contributed by atoms with Crippen LogP contribution in [0, 0.1) is 12.8 Å². The monoisotopic (exact) mass is 243 g/mol. The molecule has 1 aromatic rings.